The molecule has 8 heteroatoms. The van der Waals surface area contributed by atoms with Crippen molar-refractivity contribution >= 4 is 22.4 Å². The van der Waals surface area contributed by atoms with E-state index in [1.165, 1.54) is 24.0 Å². The number of nitrogens with one attached hydrogen (secondary N) is 1. The van der Waals surface area contributed by atoms with Gasteiger partial charge in [-0.3, -0.25) is 10.1 Å². The van der Waals surface area contributed by atoms with Crippen LogP contribution < -0.4 is 10.1 Å². The lowest BCUT2D eigenvalue weighted by Gasteiger charge is -2.04. The second-order valence-electron chi connectivity index (χ2n) is 6.97. The van der Waals surface area contributed by atoms with Gasteiger partial charge in [-0.1, -0.05) is 67.6 Å². The number of carbonyl (C=O) groups excluding carboxylic acids is 1. The van der Waals surface area contributed by atoms with E-state index in [1.807, 2.05) is 42.5 Å². The summed E-state index contributed by atoms with van der Waals surface area (Å²) in [6, 6.07) is 17.7. The molecule has 0 saturated heterocycles. The van der Waals surface area contributed by atoms with Crippen molar-refractivity contribution in [1.29, 1.82) is 0 Å². The summed E-state index contributed by atoms with van der Waals surface area (Å²) in [5, 5.41) is 16.6. The lowest BCUT2D eigenvalue weighted by atomic mass is 10.0. The number of ether oxygens (including phenoxy) is 1. The van der Waals surface area contributed by atoms with Crippen LogP contribution in [0, 0.1) is 0 Å². The number of anilines is 1. The smallest absolute Gasteiger partial charge is 0.281 e. The molecule has 0 atom stereocenters. The van der Waals surface area contributed by atoms with E-state index in [2.05, 4.69) is 46.6 Å². The van der Waals surface area contributed by atoms with Gasteiger partial charge in [0.05, 0.1) is 19.0 Å². The maximum Gasteiger partial charge on any atom is 0.281 e. The first-order valence-electron chi connectivity index (χ1n) is 9.49. The summed E-state index contributed by atoms with van der Waals surface area (Å²) in [5.41, 5.74) is 3.23. The molecule has 4 rings (SSSR count). The van der Waals surface area contributed by atoms with Gasteiger partial charge in [-0.25, -0.2) is 4.68 Å². The van der Waals surface area contributed by atoms with Gasteiger partial charge < -0.3 is 4.74 Å². The van der Waals surface area contributed by atoms with Crippen molar-refractivity contribution in [2.75, 3.05) is 12.4 Å². The van der Waals surface area contributed by atoms with Gasteiger partial charge >= 0.3 is 0 Å². The number of carbonyl (C=O) groups is 1. The van der Waals surface area contributed by atoms with Gasteiger partial charge in [0.2, 0.25) is 5.13 Å². The third kappa shape index (κ3) is 4.08. The third-order valence-electron chi connectivity index (χ3n) is 4.61. The molecule has 7 nitrogen and oxygen atoms in total. The standard InChI is InChI=1S/C22H21N5O2S/c1-14(2)15-9-11-16(12-10-15)21-24-25-22(30-21)23-20(28)19-18(29-3)13-27(26-19)17-7-5-4-6-8-17/h4-14H,1-3H3,(H,23,25,28). The van der Waals surface area contributed by atoms with E-state index >= 15 is 0 Å². The second-order valence-corrected chi connectivity index (χ2v) is 7.95. The molecule has 0 aliphatic heterocycles. The van der Waals surface area contributed by atoms with Crippen LogP contribution in [0.5, 0.6) is 5.75 Å². The Hall–Kier alpha value is -3.52. The second kappa shape index (κ2) is 8.46. The molecule has 2 heterocycles. The molecular formula is C22H21N5O2S. The number of hydrogen-bond acceptors (Lipinski definition) is 6. The third-order valence-corrected chi connectivity index (χ3v) is 5.49. The fraction of sp³-hybridized carbons (Fsp3) is 0.182. The first kappa shape index (κ1) is 19.8. The van der Waals surface area contributed by atoms with Crippen LogP contribution >= 0.6 is 11.3 Å². The van der Waals surface area contributed by atoms with Gasteiger partial charge in [0.1, 0.15) is 5.01 Å². The summed E-state index contributed by atoms with van der Waals surface area (Å²) in [6.07, 6.45) is 1.67. The molecule has 152 valence electrons. The van der Waals surface area contributed by atoms with E-state index in [-0.39, 0.29) is 5.69 Å². The van der Waals surface area contributed by atoms with Gasteiger partial charge in [-0.2, -0.15) is 5.10 Å². The van der Waals surface area contributed by atoms with Crippen LogP contribution in [0.4, 0.5) is 5.13 Å². The van der Waals surface area contributed by atoms with Crippen molar-refractivity contribution in [3.05, 3.63) is 72.1 Å². The number of para-hydroxylation sites is 1. The molecule has 2 aromatic carbocycles. The molecule has 0 fully saturated rings. The topological polar surface area (TPSA) is 81.9 Å². The van der Waals surface area contributed by atoms with Crippen molar-refractivity contribution in [1.82, 2.24) is 20.0 Å². The zero-order valence-corrected chi connectivity index (χ0v) is 17.7. The molecular weight excluding hydrogens is 398 g/mol. The van der Waals surface area contributed by atoms with Crippen LogP contribution in [-0.4, -0.2) is 33.0 Å². The van der Waals surface area contributed by atoms with Gasteiger partial charge in [0, 0.05) is 5.56 Å². The number of methoxy groups -OCH3 is 1. The number of benzene rings is 2. The van der Waals surface area contributed by atoms with Crippen LogP contribution in [0.15, 0.2) is 60.8 Å². The van der Waals surface area contributed by atoms with Crippen LogP contribution in [-0.2, 0) is 0 Å². The molecule has 0 saturated carbocycles. The van der Waals surface area contributed by atoms with Crippen LogP contribution in [0.1, 0.15) is 35.8 Å². The predicted octanol–water partition coefficient (Wildman–Crippen LogP) is 4.78. The molecule has 1 N–H and O–H groups in total. The molecule has 0 unspecified atom stereocenters. The Morgan fingerprint density at radius 3 is 2.47 bits per heavy atom. The van der Waals surface area contributed by atoms with Crippen molar-refractivity contribution in [2.45, 2.75) is 19.8 Å². The highest BCUT2D eigenvalue weighted by Crippen LogP contribution is 2.28. The van der Waals surface area contributed by atoms with Gasteiger partial charge in [0.15, 0.2) is 11.4 Å². The average Bonchev–Trinajstić information content (AvgIpc) is 3.41. The summed E-state index contributed by atoms with van der Waals surface area (Å²) >= 11 is 1.31. The fourth-order valence-electron chi connectivity index (χ4n) is 2.94. The number of aromatic nitrogens is 4. The predicted molar refractivity (Wildman–Crippen MR) is 118 cm³/mol. The molecule has 30 heavy (non-hydrogen) atoms. The summed E-state index contributed by atoms with van der Waals surface area (Å²) in [7, 11) is 1.51. The molecule has 0 aliphatic rings. The Morgan fingerprint density at radius 1 is 1.07 bits per heavy atom. The van der Waals surface area contributed by atoms with Crippen molar-refractivity contribution in [3.8, 4) is 22.0 Å². The van der Waals surface area contributed by atoms with E-state index in [0.717, 1.165) is 16.3 Å². The maximum atomic E-state index is 12.8. The number of nitrogens with zero attached hydrogens (tertiary/aromatic N) is 4. The minimum atomic E-state index is -0.403. The lowest BCUT2D eigenvalue weighted by molar-refractivity contribution is 0.101. The molecule has 4 aromatic rings. The minimum Gasteiger partial charge on any atom is -0.493 e. The highest BCUT2D eigenvalue weighted by molar-refractivity contribution is 7.18. The number of rotatable bonds is 6. The van der Waals surface area contributed by atoms with E-state index in [1.54, 1.807) is 10.9 Å². The Morgan fingerprint density at radius 2 is 1.80 bits per heavy atom. The lowest BCUT2D eigenvalue weighted by Crippen LogP contribution is -2.14. The van der Waals surface area contributed by atoms with Gasteiger partial charge in [-0.15, -0.1) is 10.2 Å². The Kier molecular flexibility index (Phi) is 5.58. The quantitative estimate of drug-likeness (QED) is 0.487. The first-order chi connectivity index (χ1) is 14.5. The van der Waals surface area contributed by atoms with Gasteiger partial charge in [0.25, 0.3) is 5.91 Å². The Labute approximate surface area is 178 Å². The summed E-state index contributed by atoms with van der Waals surface area (Å²) in [6.45, 7) is 4.31. The summed E-state index contributed by atoms with van der Waals surface area (Å²) in [4.78, 5) is 12.8. The van der Waals surface area contributed by atoms with E-state index in [0.29, 0.717) is 16.8 Å². The van der Waals surface area contributed by atoms with Crippen LogP contribution in [0.2, 0.25) is 0 Å². The maximum absolute atomic E-state index is 12.8. The van der Waals surface area contributed by atoms with Crippen molar-refractivity contribution in [3.63, 3.8) is 0 Å². The van der Waals surface area contributed by atoms with Gasteiger partial charge in [-0.05, 0) is 23.6 Å². The minimum absolute atomic E-state index is 0.180. The number of amides is 1. The molecule has 2 aromatic heterocycles. The fourth-order valence-corrected chi connectivity index (χ4v) is 3.68. The number of hydrogen-bond donors (Lipinski definition) is 1. The molecule has 0 bridgehead atoms. The summed E-state index contributed by atoms with van der Waals surface area (Å²) in [5.74, 6) is 0.443. The van der Waals surface area contributed by atoms with Crippen LogP contribution in [0.25, 0.3) is 16.3 Å². The monoisotopic (exact) mass is 419 g/mol. The molecule has 0 radical (unpaired) electrons. The molecule has 0 spiro atoms. The Bertz CT molecular complexity index is 1150. The summed E-state index contributed by atoms with van der Waals surface area (Å²) < 4.78 is 6.94. The van der Waals surface area contributed by atoms with E-state index in [4.69, 9.17) is 4.74 Å². The van der Waals surface area contributed by atoms with Crippen molar-refractivity contribution in [2.24, 2.45) is 0 Å². The van der Waals surface area contributed by atoms with E-state index < -0.39 is 5.91 Å². The SMILES string of the molecule is COc1cn(-c2ccccc2)nc1C(=O)Nc1nnc(-c2ccc(C(C)C)cc2)s1. The zero-order valence-electron chi connectivity index (χ0n) is 16.9. The van der Waals surface area contributed by atoms with Crippen molar-refractivity contribution < 1.29 is 9.53 Å². The normalized spacial score (nSPS) is 10.9. The Balaban J connectivity index is 1.53. The highest BCUT2D eigenvalue weighted by atomic mass is 32.1. The van der Waals surface area contributed by atoms with Crippen LogP contribution in [0.3, 0.4) is 0 Å². The van der Waals surface area contributed by atoms with E-state index in [9.17, 15) is 4.79 Å². The first-order valence-corrected chi connectivity index (χ1v) is 10.3. The highest BCUT2D eigenvalue weighted by Gasteiger charge is 2.20. The molecule has 1 amide bonds. The average molecular weight is 420 g/mol. The largest absolute Gasteiger partial charge is 0.493 e. The zero-order chi connectivity index (χ0) is 21.1. The molecule has 0 aliphatic carbocycles.